The number of fused-ring (bicyclic) bond motifs is 5. The van der Waals surface area contributed by atoms with Gasteiger partial charge in [-0.25, -0.2) is 0 Å². The quantitative estimate of drug-likeness (QED) is 0.620. The average molecular weight is 331 g/mol. The van der Waals surface area contributed by atoms with Crippen LogP contribution in [-0.2, 0) is 9.53 Å². The van der Waals surface area contributed by atoms with E-state index in [0.717, 1.165) is 25.2 Å². The summed E-state index contributed by atoms with van der Waals surface area (Å²) < 4.78 is 5.66. The minimum atomic E-state index is -0.118. The largest absolute Gasteiger partial charge is 0.381 e. The number of allylic oxidation sites excluding steroid dienone is 1. The highest BCUT2D eigenvalue weighted by atomic mass is 16.5. The SMILES string of the molecule is COC1CC[C@@]2(C)C(=CC[C@@H]3[C@@H]2CC[C@]2(C)C(=O)C(C)(C)C[C@@H]32)C1. The van der Waals surface area contributed by atoms with Crippen molar-refractivity contribution in [2.45, 2.75) is 78.7 Å². The molecule has 0 saturated heterocycles. The van der Waals surface area contributed by atoms with Gasteiger partial charge < -0.3 is 4.74 Å². The van der Waals surface area contributed by atoms with Crippen molar-refractivity contribution in [3.63, 3.8) is 0 Å². The highest BCUT2D eigenvalue weighted by molar-refractivity contribution is 5.92. The van der Waals surface area contributed by atoms with Crippen LogP contribution in [0.4, 0.5) is 0 Å². The van der Waals surface area contributed by atoms with Crippen LogP contribution in [0.5, 0.6) is 0 Å². The molecule has 4 aliphatic carbocycles. The number of hydrogen-bond acceptors (Lipinski definition) is 2. The number of Topliss-reactive ketones (excluding diaryl/α,β-unsaturated/α-hetero) is 1. The summed E-state index contributed by atoms with van der Waals surface area (Å²) >= 11 is 0. The van der Waals surface area contributed by atoms with Gasteiger partial charge in [0, 0.05) is 17.9 Å². The molecular formula is C22H34O2. The molecule has 3 fully saturated rings. The summed E-state index contributed by atoms with van der Waals surface area (Å²) in [5.41, 5.74) is 1.84. The number of ketones is 1. The number of methoxy groups -OCH3 is 1. The maximum Gasteiger partial charge on any atom is 0.144 e. The summed E-state index contributed by atoms with van der Waals surface area (Å²) in [5.74, 6) is 2.62. The Balaban J connectivity index is 1.68. The second-order valence-electron chi connectivity index (χ2n) is 10.2. The van der Waals surface area contributed by atoms with Crippen LogP contribution in [0, 0.1) is 34.0 Å². The lowest BCUT2D eigenvalue weighted by atomic mass is 9.48. The van der Waals surface area contributed by atoms with Crippen LogP contribution in [0.25, 0.3) is 0 Å². The molecule has 0 heterocycles. The van der Waals surface area contributed by atoms with Gasteiger partial charge in [0.15, 0.2) is 0 Å². The Morgan fingerprint density at radius 1 is 1.04 bits per heavy atom. The summed E-state index contributed by atoms with van der Waals surface area (Å²) in [6.45, 7) is 9.17. The van der Waals surface area contributed by atoms with Gasteiger partial charge in [-0.05, 0) is 68.1 Å². The van der Waals surface area contributed by atoms with E-state index in [2.05, 4.69) is 33.8 Å². The van der Waals surface area contributed by atoms with Crippen LogP contribution in [0.1, 0.15) is 72.6 Å². The van der Waals surface area contributed by atoms with Gasteiger partial charge in [-0.15, -0.1) is 0 Å². The van der Waals surface area contributed by atoms with Crippen molar-refractivity contribution in [2.75, 3.05) is 7.11 Å². The Morgan fingerprint density at radius 2 is 1.75 bits per heavy atom. The average Bonchev–Trinajstić information content (AvgIpc) is 2.73. The molecule has 0 aliphatic heterocycles. The van der Waals surface area contributed by atoms with Crippen LogP contribution in [0.3, 0.4) is 0 Å². The van der Waals surface area contributed by atoms with Crippen LogP contribution in [-0.4, -0.2) is 19.0 Å². The zero-order valence-electron chi connectivity index (χ0n) is 16.2. The van der Waals surface area contributed by atoms with E-state index in [1.807, 2.05) is 7.11 Å². The zero-order chi connectivity index (χ0) is 17.3. The molecule has 0 spiro atoms. The van der Waals surface area contributed by atoms with E-state index in [-0.39, 0.29) is 10.8 Å². The van der Waals surface area contributed by atoms with Crippen LogP contribution in [0.2, 0.25) is 0 Å². The van der Waals surface area contributed by atoms with Gasteiger partial charge in [0.2, 0.25) is 0 Å². The first-order chi connectivity index (χ1) is 11.2. The fourth-order valence-corrected chi connectivity index (χ4v) is 7.22. The number of carbonyl (C=O) groups excluding carboxylic acids is 1. The first-order valence-electron chi connectivity index (χ1n) is 9.99. The van der Waals surface area contributed by atoms with Crippen LogP contribution >= 0.6 is 0 Å². The highest BCUT2D eigenvalue weighted by Gasteiger charge is 2.63. The fourth-order valence-electron chi connectivity index (χ4n) is 7.22. The first kappa shape index (κ1) is 16.8. The molecule has 0 aromatic rings. The molecule has 4 rings (SSSR count). The van der Waals surface area contributed by atoms with E-state index in [4.69, 9.17) is 4.74 Å². The second-order valence-corrected chi connectivity index (χ2v) is 10.2. The number of hydrogen-bond donors (Lipinski definition) is 0. The molecule has 3 saturated carbocycles. The monoisotopic (exact) mass is 330 g/mol. The smallest absolute Gasteiger partial charge is 0.144 e. The summed E-state index contributed by atoms with van der Waals surface area (Å²) in [4.78, 5) is 13.1. The molecule has 0 amide bonds. The standard InChI is InChI=1S/C22H34O2/c1-20(2)13-18-16-7-6-14-12-15(24-5)8-10-21(14,3)17(16)9-11-22(18,4)19(20)23/h6,15-18H,7-13H2,1-5H3/t15?,16-,17+,18+,21+,22+/m1/s1. The van der Waals surface area contributed by atoms with Crippen molar-refractivity contribution >= 4 is 5.78 Å². The van der Waals surface area contributed by atoms with Crippen LogP contribution in [0.15, 0.2) is 11.6 Å². The van der Waals surface area contributed by atoms with Crippen molar-refractivity contribution in [2.24, 2.45) is 34.0 Å². The second kappa shape index (κ2) is 5.19. The molecule has 24 heavy (non-hydrogen) atoms. The van der Waals surface area contributed by atoms with Gasteiger partial charge in [0.25, 0.3) is 0 Å². The van der Waals surface area contributed by atoms with Gasteiger partial charge in [-0.3, -0.25) is 4.79 Å². The Hall–Kier alpha value is -0.630. The molecular weight excluding hydrogens is 296 g/mol. The molecule has 0 aromatic heterocycles. The molecule has 0 aromatic carbocycles. The van der Waals surface area contributed by atoms with Crippen molar-refractivity contribution in [1.82, 2.24) is 0 Å². The minimum Gasteiger partial charge on any atom is -0.381 e. The topological polar surface area (TPSA) is 26.3 Å². The normalized spacial score (nSPS) is 49.9. The Labute approximate surface area is 147 Å². The maximum atomic E-state index is 13.1. The lowest BCUT2D eigenvalue weighted by Gasteiger charge is -2.56. The van der Waals surface area contributed by atoms with Crippen molar-refractivity contribution < 1.29 is 9.53 Å². The molecule has 1 unspecified atom stereocenters. The van der Waals surface area contributed by atoms with Crippen molar-refractivity contribution in [1.29, 1.82) is 0 Å². The fraction of sp³-hybridized carbons (Fsp3) is 0.864. The van der Waals surface area contributed by atoms with E-state index < -0.39 is 0 Å². The van der Waals surface area contributed by atoms with E-state index >= 15 is 0 Å². The summed E-state index contributed by atoms with van der Waals surface area (Å²) in [7, 11) is 1.86. The Morgan fingerprint density at radius 3 is 2.46 bits per heavy atom. The van der Waals surface area contributed by atoms with E-state index in [1.165, 1.54) is 25.7 Å². The summed E-state index contributed by atoms with van der Waals surface area (Å²) in [5, 5.41) is 0. The predicted octanol–water partition coefficient (Wildman–Crippen LogP) is 5.17. The maximum absolute atomic E-state index is 13.1. The molecule has 2 heteroatoms. The first-order valence-corrected chi connectivity index (χ1v) is 9.99. The van der Waals surface area contributed by atoms with E-state index in [9.17, 15) is 4.79 Å². The molecule has 0 N–H and O–H groups in total. The molecule has 134 valence electrons. The third kappa shape index (κ3) is 2.08. The van der Waals surface area contributed by atoms with Crippen molar-refractivity contribution in [3.05, 3.63) is 11.6 Å². The molecule has 0 radical (unpaired) electrons. The lowest BCUT2D eigenvalue weighted by molar-refractivity contribution is -0.136. The lowest BCUT2D eigenvalue weighted by Crippen LogP contribution is -2.50. The molecule has 4 aliphatic rings. The third-order valence-corrected chi connectivity index (χ3v) is 8.65. The Bertz CT molecular complexity index is 589. The van der Waals surface area contributed by atoms with Gasteiger partial charge in [0.1, 0.15) is 5.78 Å². The summed E-state index contributed by atoms with van der Waals surface area (Å²) in [6.07, 6.45) is 11.2. The van der Waals surface area contributed by atoms with Crippen LogP contribution < -0.4 is 0 Å². The number of rotatable bonds is 1. The number of ether oxygens (including phenoxy) is 1. The van der Waals surface area contributed by atoms with Gasteiger partial charge >= 0.3 is 0 Å². The number of carbonyl (C=O) groups is 1. The minimum absolute atomic E-state index is 0.0594. The molecule has 0 bridgehead atoms. The van der Waals surface area contributed by atoms with E-state index in [0.29, 0.717) is 29.1 Å². The summed E-state index contributed by atoms with van der Waals surface area (Å²) in [6, 6.07) is 0. The zero-order valence-corrected chi connectivity index (χ0v) is 16.2. The predicted molar refractivity (Wildman–Crippen MR) is 96.7 cm³/mol. The Kier molecular flexibility index (Phi) is 3.64. The van der Waals surface area contributed by atoms with Gasteiger partial charge in [-0.1, -0.05) is 39.3 Å². The highest BCUT2D eigenvalue weighted by Crippen LogP contribution is 2.66. The van der Waals surface area contributed by atoms with Crippen molar-refractivity contribution in [3.8, 4) is 0 Å². The van der Waals surface area contributed by atoms with Gasteiger partial charge in [0.05, 0.1) is 6.10 Å². The van der Waals surface area contributed by atoms with Gasteiger partial charge in [-0.2, -0.15) is 0 Å². The van der Waals surface area contributed by atoms with E-state index in [1.54, 1.807) is 5.57 Å². The molecule has 2 nitrogen and oxygen atoms in total. The third-order valence-electron chi connectivity index (χ3n) is 8.65. The molecule has 6 atom stereocenters.